The fourth-order valence-corrected chi connectivity index (χ4v) is 2.08. The third kappa shape index (κ3) is 3.64. The largest absolute Gasteiger partial charge is 0.344 e. The lowest BCUT2D eigenvalue weighted by atomic mass is 10.0. The van der Waals surface area contributed by atoms with Crippen molar-refractivity contribution in [3.63, 3.8) is 0 Å². The molecule has 1 amide bonds. The molecule has 1 atom stereocenters. The van der Waals surface area contributed by atoms with Crippen LogP contribution in [-0.4, -0.2) is 10.9 Å². The van der Waals surface area contributed by atoms with E-state index in [2.05, 4.69) is 26.2 Å². The molecule has 0 aliphatic rings. The molecule has 1 aromatic carbocycles. The van der Waals surface area contributed by atoms with Gasteiger partial charge in [0.25, 0.3) is 5.91 Å². The van der Waals surface area contributed by atoms with Crippen LogP contribution < -0.4 is 5.32 Å². The topological polar surface area (TPSA) is 42.0 Å². The number of halogens is 1. The summed E-state index contributed by atoms with van der Waals surface area (Å²) in [4.78, 5) is 16.2. The average molecular weight is 319 g/mol. The molecule has 0 aliphatic carbocycles. The van der Waals surface area contributed by atoms with E-state index in [0.717, 1.165) is 16.5 Å². The molecule has 1 N–H and O–H groups in total. The first-order chi connectivity index (χ1) is 9.20. The van der Waals surface area contributed by atoms with Gasteiger partial charge in [-0.2, -0.15) is 0 Å². The zero-order chi connectivity index (χ0) is 13.7. The molecule has 1 heterocycles. The molecule has 4 heteroatoms. The van der Waals surface area contributed by atoms with Gasteiger partial charge in [0.2, 0.25) is 0 Å². The first-order valence-corrected chi connectivity index (χ1v) is 6.97. The molecule has 3 nitrogen and oxygen atoms in total. The smallest absolute Gasteiger partial charge is 0.270 e. The van der Waals surface area contributed by atoms with Crippen LogP contribution in [0.25, 0.3) is 0 Å². The lowest BCUT2D eigenvalue weighted by molar-refractivity contribution is 0.0930. The van der Waals surface area contributed by atoms with Crippen molar-refractivity contribution in [2.45, 2.75) is 19.4 Å². The molecule has 0 saturated carbocycles. The van der Waals surface area contributed by atoms with Gasteiger partial charge in [0.15, 0.2) is 0 Å². The summed E-state index contributed by atoms with van der Waals surface area (Å²) in [5, 5.41) is 3.00. The first-order valence-electron chi connectivity index (χ1n) is 6.18. The lowest BCUT2D eigenvalue weighted by Crippen LogP contribution is -2.28. The number of hydrogen-bond donors (Lipinski definition) is 1. The highest BCUT2D eigenvalue weighted by molar-refractivity contribution is 9.10. The van der Waals surface area contributed by atoms with E-state index in [0.29, 0.717) is 5.69 Å². The second-order valence-electron chi connectivity index (χ2n) is 4.21. The van der Waals surface area contributed by atoms with Gasteiger partial charge in [-0.25, -0.2) is 4.98 Å². The molecule has 0 fully saturated rings. The minimum absolute atomic E-state index is 0.0131. The van der Waals surface area contributed by atoms with Crippen molar-refractivity contribution in [1.29, 1.82) is 0 Å². The van der Waals surface area contributed by atoms with E-state index in [1.165, 1.54) is 0 Å². The van der Waals surface area contributed by atoms with Crippen LogP contribution in [0.3, 0.4) is 0 Å². The highest BCUT2D eigenvalue weighted by Crippen LogP contribution is 2.16. The number of hydrogen-bond acceptors (Lipinski definition) is 2. The van der Waals surface area contributed by atoms with Crippen molar-refractivity contribution < 1.29 is 4.79 Å². The fraction of sp³-hybridized carbons (Fsp3) is 0.200. The Balaban J connectivity index is 2.10. The number of amides is 1. The zero-order valence-electron chi connectivity index (χ0n) is 10.6. The molecule has 0 spiro atoms. The molecule has 2 rings (SSSR count). The molecule has 1 aromatic heterocycles. The molecule has 0 radical (unpaired) electrons. The highest BCUT2D eigenvalue weighted by atomic mass is 79.9. The van der Waals surface area contributed by atoms with Crippen molar-refractivity contribution in [3.05, 3.63) is 64.4 Å². The quantitative estimate of drug-likeness (QED) is 0.933. The number of benzene rings is 1. The summed E-state index contributed by atoms with van der Waals surface area (Å²) >= 11 is 3.30. The third-order valence-corrected chi connectivity index (χ3v) is 3.34. The predicted molar refractivity (Wildman–Crippen MR) is 78.9 cm³/mol. The number of pyridine rings is 1. The molecule has 0 aliphatic heterocycles. The normalized spacial score (nSPS) is 11.9. The number of nitrogens with one attached hydrogen (secondary N) is 1. The summed E-state index contributed by atoms with van der Waals surface area (Å²) in [5.74, 6) is -0.150. The van der Waals surface area contributed by atoms with Gasteiger partial charge >= 0.3 is 0 Å². The third-order valence-electron chi connectivity index (χ3n) is 2.88. The molecule has 19 heavy (non-hydrogen) atoms. The first kappa shape index (κ1) is 13.7. The Morgan fingerprint density at radius 3 is 2.58 bits per heavy atom. The van der Waals surface area contributed by atoms with E-state index in [4.69, 9.17) is 0 Å². The number of rotatable bonds is 4. The Hall–Kier alpha value is -1.68. The Labute approximate surface area is 121 Å². The summed E-state index contributed by atoms with van der Waals surface area (Å²) in [6, 6.07) is 13.5. The summed E-state index contributed by atoms with van der Waals surface area (Å²) in [6.07, 6.45) is 2.46. The number of carbonyl (C=O) groups is 1. The van der Waals surface area contributed by atoms with Gasteiger partial charge in [-0.05, 0) is 40.0 Å². The van der Waals surface area contributed by atoms with E-state index < -0.39 is 0 Å². The Morgan fingerprint density at radius 1 is 1.26 bits per heavy atom. The van der Waals surface area contributed by atoms with E-state index >= 15 is 0 Å². The molecule has 0 saturated heterocycles. The van der Waals surface area contributed by atoms with Crippen molar-refractivity contribution in [2.24, 2.45) is 0 Å². The van der Waals surface area contributed by atoms with Crippen molar-refractivity contribution in [1.82, 2.24) is 10.3 Å². The second-order valence-corrected chi connectivity index (χ2v) is 5.12. The Morgan fingerprint density at radius 2 is 2.00 bits per heavy atom. The van der Waals surface area contributed by atoms with E-state index in [1.54, 1.807) is 12.3 Å². The summed E-state index contributed by atoms with van der Waals surface area (Å²) < 4.78 is 0.860. The minimum Gasteiger partial charge on any atom is -0.344 e. The zero-order valence-corrected chi connectivity index (χ0v) is 12.2. The summed E-state index contributed by atoms with van der Waals surface area (Å²) in [5.41, 5.74) is 1.54. The van der Waals surface area contributed by atoms with Gasteiger partial charge in [0.1, 0.15) is 5.69 Å². The van der Waals surface area contributed by atoms with Crippen molar-refractivity contribution >= 4 is 21.8 Å². The number of carbonyl (C=O) groups excluding carboxylic acids is 1. The molecular formula is C15H15BrN2O. The van der Waals surface area contributed by atoms with Gasteiger partial charge in [-0.1, -0.05) is 37.3 Å². The van der Waals surface area contributed by atoms with Crippen LogP contribution in [0.1, 0.15) is 35.4 Å². The SMILES string of the molecule is CCC(NC(=O)c1ccc(Br)cn1)c1ccccc1. The van der Waals surface area contributed by atoms with Crippen LogP contribution in [0.2, 0.25) is 0 Å². The highest BCUT2D eigenvalue weighted by Gasteiger charge is 2.14. The maximum atomic E-state index is 12.1. The van der Waals surface area contributed by atoms with Crippen molar-refractivity contribution in [2.75, 3.05) is 0 Å². The molecular weight excluding hydrogens is 304 g/mol. The van der Waals surface area contributed by atoms with Crippen LogP contribution in [0.4, 0.5) is 0 Å². The van der Waals surface area contributed by atoms with E-state index in [-0.39, 0.29) is 11.9 Å². The maximum Gasteiger partial charge on any atom is 0.270 e. The van der Waals surface area contributed by atoms with Crippen LogP contribution in [0.15, 0.2) is 53.1 Å². The van der Waals surface area contributed by atoms with Crippen LogP contribution in [-0.2, 0) is 0 Å². The molecule has 0 bridgehead atoms. The van der Waals surface area contributed by atoms with Crippen LogP contribution in [0, 0.1) is 0 Å². The predicted octanol–water partition coefficient (Wildman–Crippen LogP) is 3.73. The fourth-order valence-electron chi connectivity index (χ4n) is 1.85. The minimum atomic E-state index is -0.150. The Bertz CT molecular complexity index is 540. The van der Waals surface area contributed by atoms with Crippen LogP contribution >= 0.6 is 15.9 Å². The monoisotopic (exact) mass is 318 g/mol. The van der Waals surface area contributed by atoms with Gasteiger partial charge in [-0.3, -0.25) is 4.79 Å². The standard InChI is InChI=1S/C15H15BrN2O/c1-2-13(11-6-4-3-5-7-11)18-15(19)14-9-8-12(16)10-17-14/h3-10,13H,2H2,1H3,(H,18,19). The van der Waals surface area contributed by atoms with Gasteiger partial charge < -0.3 is 5.32 Å². The average Bonchev–Trinajstić information content (AvgIpc) is 2.46. The van der Waals surface area contributed by atoms with Crippen LogP contribution in [0.5, 0.6) is 0 Å². The van der Waals surface area contributed by atoms with E-state index in [1.807, 2.05) is 43.3 Å². The van der Waals surface area contributed by atoms with Crippen molar-refractivity contribution in [3.8, 4) is 0 Å². The van der Waals surface area contributed by atoms with Gasteiger partial charge in [0, 0.05) is 10.7 Å². The summed E-state index contributed by atoms with van der Waals surface area (Å²) in [7, 11) is 0. The number of nitrogens with zero attached hydrogens (tertiary/aromatic N) is 1. The van der Waals surface area contributed by atoms with E-state index in [9.17, 15) is 4.79 Å². The molecule has 1 unspecified atom stereocenters. The second kappa shape index (κ2) is 6.48. The maximum absolute atomic E-state index is 12.1. The summed E-state index contributed by atoms with van der Waals surface area (Å²) in [6.45, 7) is 2.05. The van der Waals surface area contributed by atoms with Gasteiger partial charge in [0.05, 0.1) is 6.04 Å². The van der Waals surface area contributed by atoms with Gasteiger partial charge in [-0.15, -0.1) is 0 Å². The Kier molecular flexibility index (Phi) is 4.68. The number of aromatic nitrogens is 1. The molecule has 98 valence electrons. The molecule has 2 aromatic rings. The lowest BCUT2D eigenvalue weighted by Gasteiger charge is -2.17.